The zero-order chi connectivity index (χ0) is 20.9. The summed E-state index contributed by atoms with van der Waals surface area (Å²) in [7, 11) is 1.61. The van der Waals surface area contributed by atoms with Gasteiger partial charge in [0.25, 0.3) is 5.91 Å². The summed E-state index contributed by atoms with van der Waals surface area (Å²) < 4.78 is 24.1. The molecule has 0 bridgehead atoms. The molecule has 1 atom stereocenters. The Morgan fingerprint density at radius 1 is 1.03 bits per heavy atom. The summed E-state index contributed by atoms with van der Waals surface area (Å²) in [6.45, 7) is -0.234. The number of benzene rings is 3. The van der Waals surface area contributed by atoms with Gasteiger partial charge in [-0.2, -0.15) is 5.10 Å². The van der Waals surface area contributed by atoms with Crippen molar-refractivity contribution in [2.24, 2.45) is 5.10 Å². The number of halogens is 1. The molecular weight excluding hydrogens is 383 g/mol. The SMILES string of the molecule is COc1ccc(C2CC(c3ccccc3)=NN2C(=O)COc2cccc(F)c2)cc1. The van der Waals surface area contributed by atoms with Crippen LogP contribution in [0.5, 0.6) is 11.5 Å². The molecule has 152 valence electrons. The maximum Gasteiger partial charge on any atom is 0.281 e. The first-order valence-corrected chi connectivity index (χ1v) is 9.61. The Hall–Kier alpha value is -3.67. The number of ether oxygens (including phenoxy) is 2. The largest absolute Gasteiger partial charge is 0.497 e. The van der Waals surface area contributed by atoms with Crippen LogP contribution in [-0.4, -0.2) is 30.3 Å². The molecule has 1 aliphatic heterocycles. The quantitative estimate of drug-likeness (QED) is 0.604. The molecule has 1 unspecified atom stereocenters. The van der Waals surface area contributed by atoms with Crippen molar-refractivity contribution in [1.82, 2.24) is 5.01 Å². The Morgan fingerprint density at radius 3 is 2.50 bits per heavy atom. The first-order valence-electron chi connectivity index (χ1n) is 9.61. The monoisotopic (exact) mass is 404 g/mol. The summed E-state index contributed by atoms with van der Waals surface area (Å²) in [5.41, 5.74) is 2.75. The van der Waals surface area contributed by atoms with Crippen molar-refractivity contribution in [2.45, 2.75) is 12.5 Å². The normalized spacial score (nSPS) is 15.6. The highest BCUT2D eigenvalue weighted by Gasteiger charge is 2.33. The third-order valence-electron chi connectivity index (χ3n) is 4.93. The predicted octanol–water partition coefficient (Wildman–Crippen LogP) is 4.59. The molecule has 30 heavy (non-hydrogen) atoms. The first-order chi connectivity index (χ1) is 14.6. The highest BCUT2D eigenvalue weighted by Crippen LogP contribution is 2.33. The zero-order valence-electron chi connectivity index (χ0n) is 16.5. The van der Waals surface area contributed by atoms with Crippen molar-refractivity contribution in [2.75, 3.05) is 13.7 Å². The van der Waals surface area contributed by atoms with Gasteiger partial charge in [0.05, 0.1) is 18.9 Å². The Balaban J connectivity index is 1.57. The van der Waals surface area contributed by atoms with E-state index in [0.29, 0.717) is 12.2 Å². The Kier molecular flexibility index (Phi) is 5.75. The summed E-state index contributed by atoms with van der Waals surface area (Å²) in [6.07, 6.45) is 0.585. The molecule has 4 rings (SSSR count). The minimum absolute atomic E-state index is 0.234. The summed E-state index contributed by atoms with van der Waals surface area (Å²) >= 11 is 0. The first kappa shape index (κ1) is 19.6. The van der Waals surface area contributed by atoms with Gasteiger partial charge in [0.2, 0.25) is 0 Å². The minimum Gasteiger partial charge on any atom is -0.497 e. The maximum atomic E-state index is 13.4. The summed E-state index contributed by atoms with van der Waals surface area (Å²) in [6, 6.07) is 22.8. The van der Waals surface area contributed by atoms with E-state index >= 15 is 0 Å². The van der Waals surface area contributed by atoms with Gasteiger partial charge in [0.1, 0.15) is 17.3 Å². The minimum atomic E-state index is -0.415. The lowest BCUT2D eigenvalue weighted by molar-refractivity contribution is -0.135. The van der Waals surface area contributed by atoms with Gasteiger partial charge in [-0.3, -0.25) is 4.79 Å². The molecule has 0 aromatic heterocycles. The second-order valence-electron chi connectivity index (χ2n) is 6.89. The highest BCUT2D eigenvalue weighted by molar-refractivity contribution is 6.03. The molecule has 0 radical (unpaired) electrons. The van der Waals surface area contributed by atoms with Crippen LogP contribution < -0.4 is 9.47 Å². The lowest BCUT2D eigenvalue weighted by Crippen LogP contribution is -2.31. The van der Waals surface area contributed by atoms with E-state index in [1.807, 2.05) is 54.6 Å². The van der Waals surface area contributed by atoms with E-state index in [9.17, 15) is 9.18 Å². The van der Waals surface area contributed by atoms with Gasteiger partial charge in [-0.05, 0) is 35.4 Å². The van der Waals surface area contributed by atoms with Gasteiger partial charge >= 0.3 is 0 Å². The van der Waals surface area contributed by atoms with Crippen LogP contribution in [0.3, 0.4) is 0 Å². The van der Waals surface area contributed by atoms with Crippen LogP contribution in [0.15, 0.2) is 84.0 Å². The van der Waals surface area contributed by atoms with Gasteiger partial charge in [0, 0.05) is 12.5 Å². The van der Waals surface area contributed by atoms with Gasteiger partial charge in [0.15, 0.2) is 6.61 Å². The second kappa shape index (κ2) is 8.78. The van der Waals surface area contributed by atoms with Crippen LogP contribution in [0, 0.1) is 5.82 Å². The molecule has 6 heteroatoms. The van der Waals surface area contributed by atoms with Gasteiger partial charge < -0.3 is 9.47 Å². The number of carbonyl (C=O) groups is 1. The molecule has 0 aliphatic carbocycles. The topological polar surface area (TPSA) is 51.1 Å². The summed E-state index contributed by atoms with van der Waals surface area (Å²) in [5, 5.41) is 6.07. The zero-order valence-corrected chi connectivity index (χ0v) is 16.5. The van der Waals surface area contributed by atoms with Crippen LogP contribution in [0.4, 0.5) is 4.39 Å². The molecule has 1 aliphatic rings. The Morgan fingerprint density at radius 2 is 1.80 bits per heavy atom. The number of hydrazone groups is 1. The van der Waals surface area contributed by atoms with Crippen molar-refractivity contribution in [1.29, 1.82) is 0 Å². The molecule has 3 aromatic rings. The molecule has 5 nitrogen and oxygen atoms in total. The molecule has 0 N–H and O–H groups in total. The number of nitrogens with zero attached hydrogens (tertiary/aromatic N) is 2. The number of carbonyl (C=O) groups excluding carboxylic acids is 1. The average Bonchev–Trinajstić information content (AvgIpc) is 3.24. The molecule has 0 saturated carbocycles. The molecule has 3 aromatic carbocycles. The smallest absolute Gasteiger partial charge is 0.281 e. The molecule has 0 spiro atoms. The summed E-state index contributed by atoms with van der Waals surface area (Å²) in [5.74, 6) is 0.330. The van der Waals surface area contributed by atoms with Crippen molar-refractivity contribution < 1.29 is 18.7 Å². The van der Waals surface area contributed by atoms with Crippen LogP contribution in [-0.2, 0) is 4.79 Å². The molecular formula is C24H21FN2O3. The fraction of sp³-hybridized carbons (Fsp3) is 0.167. The number of amides is 1. The fourth-order valence-corrected chi connectivity index (χ4v) is 3.40. The van der Waals surface area contributed by atoms with Crippen molar-refractivity contribution in [3.05, 3.63) is 95.8 Å². The third-order valence-corrected chi connectivity index (χ3v) is 4.93. The van der Waals surface area contributed by atoms with Crippen molar-refractivity contribution >= 4 is 11.6 Å². The molecule has 0 saturated heterocycles. The third kappa shape index (κ3) is 4.33. The van der Waals surface area contributed by atoms with Crippen LogP contribution in [0.1, 0.15) is 23.6 Å². The van der Waals surface area contributed by atoms with E-state index in [4.69, 9.17) is 9.47 Å². The van der Waals surface area contributed by atoms with Crippen molar-refractivity contribution in [3.8, 4) is 11.5 Å². The summed E-state index contributed by atoms with van der Waals surface area (Å²) in [4.78, 5) is 13.0. The number of methoxy groups -OCH3 is 1. The number of rotatable bonds is 6. The maximum absolute atomic E-state index is 13.4. The van der Waals surface area contributed by atoms with Gasteiger partial charge in [-0.1, -0.05) is 48.5 Å². The lowest BCUT2D eigenvalue weighted by Gasteiger charge is -2.22. The number of hydrogen-bond donors (Lipinski definition) is 0. The Bertz CT molecular complexity index is 1050. The van der Waals surface area contributed by atoms with E-state index < -0.39 is 5.82 Å². The van der Waals surface area contributed by atoms with E-state index in [-0.39, 0.29) is 18.6 Å². The van der Waals surface area contributed by atoms with Crippen molar-refractivity contribution in [3.63, 3.8) is 0 Å². The number of hydrogen-bond acceptors (Lipinski definition) is 4. The van der Waals surface area contributed by atoms with Gasteiger partial charge in [-0.15, -0.1) is 0 Å². The lowest BCUT2D eigenvalue weighted by atomic mass is 9.98. The van der Waals surface area contributed by atoms with Crippen LogP contribution >= 0.6 is 0 Å². The van der Waals surface area contributed by atoms with E-state index in [2.05, 4.69) is 5.10 Å². The Labute approximate surface area is 174 Å². The van der Waals surface area contributed by atoms with E-state index in [1.165, 1.54) is 23.2 Å². The van der Waals surface area contributed by atoms with Crippen LogP contribution in [0.2, 0.25) is 0 Å². The van der Waals surface area contributed by atoms with Gasteiger partial charge in [-0.25, -0.2) is 9.40 Å². The molecule has 1 heterocycles. The predicted molar refractivity (Wildman–Crippen MR) is 112 cm³/mol. The standard InChI is InChI=1S/C24H21FN2O3/c1-29-20-12-10-18(11-13-20)23-15-22(17-6-3-2-4-7-17)26-27(23)24(28)16-30-21-9-5-8-19(25)14-21/h2-14,23H,15-16H2,1H3. The van der Waals surface area contributed by atoms with Crippen LogP contribution in [0.25, 0.3) is 0 Å². The van der Waals surface area contributed by atoms with E-state index in [1.54, 1.807) is 13.2 Å². The fourth-order valence-electron chi connectivity index (χ4n) is 3.40. The highest BCUT2D eigenvalue weighted by atomic mass is 19.1. The second-order valence-corrected chi connectivity index (χ2v) is 6.89. The average molecular weight is 404 g/mol. The molecule has 0 fully saturated rings. The molecule has 1 amide bonds. The van der Waals surface area contributed by atoms with E-state index in [0.717, 1.165) is 22.6 Å².